The van der Waals surface area contributed by atoms with Gasteiger partial charge in [0.15, 0.2) is 5.96 Å². The lowest BCUT2D eigenvalue weighted by Gasteiger charge is -2.21. The third kappa shape index (κ3) is 4.94. The summed E-state index contributed by atoms with van der Waals surface area (Å²) in [4.78, 5) is 15.8. The van der Waals surface area contributed by atoms with E-state index in [4.69, 9.17) is 4.74 Å². The lowest BCUT2D eigenvalue weighted by Crippen LogP contribution is -2.44. The molecule has 1 fully saturated rings. The Morgan fingerprint density at radius 2 is 1.96 bits per heavy atom. The van der Waals surface area contributed by atoms with Crippen LogP contribution in [0.1, 0.15) is 39.2 Å². The quantitative estimate of drug-likeness (QED) is 0.493. The number of carbonyl (C=O) groups is 1. The summed E-state index contributed by atoms with van der Waals surface area (Å²) in [6, 6.07) is 6.88. The number of ether oxygens (including phenoxy) is 1. The first-order valence-electron chi connectivity index (χ1n) is 8.17. The fourth-order valence-corrected chi connectivity index (χ4v) is 2.59. The number of hydrogen-bond donors (Lipinski definition) is 2. The molecule has 1 aliphatic rings. The second-order valence-corrected chi connectivity index (χ2v) is 7.13. The van der Waals surface area contributed by atoms with Crippen molar-refractivity contribution in [3.63, 3.8) is 0 Å². The molecule has 0 aromatic heterocycles. The van der Waals surface area contributed by atoms with Crippen molar-refractivity contribution in [2.24, 2.45) is 4.99 Å². The molecule has 1 saturated carbocycles. The van der Waals surface area contributed by atoms with Crippen LogP contribution in [0.2, 0.25) is 0 Å². The molecule has 1 aromatic carbocycles. The zero-order valence-electron chi connectivity index (χ0n) is 14.8. The number of nitrogens with one attached hydrogen (secondary N) is 2. The van der Waals surface area contributed by atoms with E-state index in [1.54, 1.807) is 13.1 Å². The number of guanidine groups is 1. The van der Waals surface area contributed by atoms with Crippen molar-refractivity contribution in [1.82, 2.24) is 10.6 Å². The van der Waals surface area contributed by atoms with Gasteiger partial charge in [-0.2, -0.15) is 0 Å². The number of nitrogens with zero attached hydrogens (tertiary/aromatic N) is 1. The molecule has 0 saturated heterocycles. The molecule has 6 heteroatoms. The second-order valence-electron chi connectivity index (χ2n) is 7.13. The Morgan fingerprint density at radius 1 is 1.29 bits per heavy atom. The fraction of sp³-hybridized carbons (Fsp3) is 0.556. The van der Waals surface area contributed by atoms with Gasteiger partial charge in [-0.3, -0.25) is 9.79 Å². The van der Waals surface area contributed by atoms with Crippen LogP contribution in [0.3, 0.4) is 0 Å². The Hall–Kier alpha value is -2.11. The standard InChI is InChI=1S/C18H26FN3O2/c1-17(2,3)24-15(23)11-21-16(20-4)22-12-18(9-10-18)13-7-5-6-8-14(13)19/h5-8H,9-12H2,1-4H3,(H2,20,21,22). The lowest BCUT2D eigenvalue weighted by atomic mass is 9.95. The first-order valence-corrected chi connectivity index (χ1v) is 8.17. The zero-order chi connectivity index (χ0) is 17.8. The summed E-state index contributed by atoms with van der Waals surface area (Å²) in [6.07, 6.45) is 1.87. The van der Waals surface area contributed by atoms with Gasteiger partial charge in [0.05, 0.1) is 0 Å². The van der Waals surface area contributed by atoms with Crippen LogP contribution in [0, 0.1) is 5.82 Å². The topological polar surface area (TPSA) is 62.7 Å². The lowest BCUT2D eigenvalue weighted by molar-refractivity contribution is -0.153. The summed E-state index contributed by atoms with van der Waals surface area (Å²) in [5.74, 6) is -0.0161. The first kappa shape index (κ1) is 18.2. The van der Waals surface area contributed by atoms with Gasteiger partial charge in [0, 0.05) is 19.0 Å². The SMILES string of the molecule is CN=C(NCC(=O)OC(C)(C)C)NCC1(c2ccccc2F)CC1. The van der Waals surface area contributed by atoms with E-state index in [-0.39, 0.29) is 23.7 Å². The highest BCUT2D eigenvalue weighted by Gasteiger charge is 2.45. The Balaban J connectivity index is 1.86. The van der Waals surface area contributed by atoms with Crippen LogP contribution >= 0.6 is 0 Å². The number of carbonyl (C=O) groups excluding carboxylic acids is 1. The number of hydrogen-bond acceptors (Lipinski definition) is 3. The third-order valence-electron chi connectivity index (χ3n) is 3.94. The highest BCUT2D eigenvalue weighted by Crippen LogP contribution is 2.48. The van der Waals surface area contributed by atoms with Crippen LogP contribution < -0.4 is 10.6 Å². The molecule has 5 nitrogen and oxygen atoms in total. The normalized spacial score (nSPS) is 16.5. The van der Waals surface area contributed by atoms with E-state index in [1.807, 2.05) is 32.9 Å². The van der Waals surface area contributed by atoms with E-state index < -0.39 is 5.60 Å². The second kappa shape index (κ2) is 7.20. The third-order valence-corrected chi connectivity index (χ3v) is 3.94. The summed E-state index contributed by atoms with van der Waals surface area (Å²) in [5, 5.41) is 6.11. The average molecular weight is 335 g/mol. The van der Waals surface area contributed by atoms with Gasteiger partial charge in [-0.1, -0.05) is 18.2 Å². The Morgan fingerprint density at radius 3 is 2.50 bits per heavy atom. The fourth-order valence-electron chi connectivity index (χ4n) is 2.59. The molecule has 132 valence electrons. The van der Waals surface area contributed by atoms with Gasteiger partial charge >= 0.3 is 5.97 Å². The van der Waals surface area contributed by atoms with E-state index in [1.165, 1.54) is 6.07 Å². The van der Waals surface area contributed by atoms with Crippen LogP contribution in [-0.4, -0.2) is 37.7 Å². The maximum absolute atomic E-state index is 14.0. The molecular weight excluding hydrogens is 309 g/mol. The molecule has 0 aliphatic heterocycles. The number of halogens is 1. The van der Waals surface area contributed by atoms with Crippen molar-refractivity contribution < 1.29 is 13.9 Å². The minimum atomic E-state index is -0.515. The van der Waals surface area contributed by atoms with Crippen molar-refractivity contribution in [2.45, 2.75) is 44.6 Å². The van der Waals surface area contributed by atoms with Crippen LogP contribution in [0.25, 0.3) is 0 Å². The predicted molar refractivity (Wildman–Crippen MR) is 92.5 cm³/mol. The van der Waals surface area contributed by atoms with Crippen LogP contribution in [0.15, 0.2) is 29.3 Å². The van der Waals surface area contributed by atoms with E-state index in [0.29, 0.717) is 12.5 Å². The Bertz CT molecular complexity index is 619. The van der Waals surface area contributed by atoms with Crippen molar-refractivity contribution in [3.05, 3.63) is 35.6 Å². The average Bonchev–Trinajstić information content (AvgIpc) is 3.27. The molecule has 0 spiro atoms. The molecular formula is C18H26FN3O2. The predicted octanol–water partition coefficient (Wildman–Crippen LogP) is 2.36. The number of esters is 1. The minimum absolute atomic E-state index is 0.0314. The highest BCUT2D eigenvalue weighted by atomic mass is 19.1. The van der Waals surface area contributed by atoms with Gasteiger partial charge < -0.3 is 15.4 Å². The van der Waals surface area contributed by atoms with Gasteiger partial charge in [0.1, 0.15) is 18.0 Å². The van der Waals surface area contributed by atoms with E-state index in [2.05, 4.69) is 15.6 Å². The largest absolute Gasteiger partial charge is 0.459 e. The molecule has 1 aromatic rings. The summed E-state index contributed by atoms with van der Waals surface area (Å²) < 4.78 is 19.2. The molecule has 0 atom stereocenters. The molecule has 0 bridgehead atoms. The maximum Gasteiger partial charge on any atom is 0.325 e. The van der Waals surface area contributed by atoms with Crippen molar-refractivity contribution in [3.8, 4) is 0 Å². The van der Waals surface area contributed by atoms with Gasteiger partial charge in [-0.05, 0) is 45.2 Å². The summed E-state index contributed by atoms with van der Waals surface area (Å²) in [7, 11) is 1.63. The van der Waals surface area contributed by atoms with Crippen molar-refractivity contribution >= 4 is 11.9 Å². The monoisotopic (exact) mass is 335 g/mol. The van der Waals surface area contributed by atoms with Gasteiger partial charge in [0.2, 0.25) is 0 Å². The molecule has 2 rings (SSSR count). The molecule has 0 unspecified atom stereocenters. The summed E-state index contributed by atoms with van der Waals surface area (Å²) in [5.41, 5.74) is 0.0353. The molecule has 0 heterocycles. The van der Waals surface area contributed by atoms with Crippen molar-refractivity contribution in [2.75, 3.05) is 20.1 Å². The van der Waals surface area contributed by atoms with Gasteiger partial charge in [-0.25, -0.2) is 4.39 Å². The number of rotatable bonds is 5. The molecule has 0 amide bonds. The van der Waals surface area contributed by atoms with Gasteiger partial charge in [-0.15, -0.1) is 0 Å². The Kier molecular flexibility index (Phi) is 5.47. The first-order chi connectivity index (χ1) is 11.3. The van der Waals surface area contributed by atoms with Crippen LogP contribution in [0.5, 0.6) is 0 Å². The smallest absolute Gasteiger partial charge is 0.325 e. The molecule has 2 N–H and O–H groups in total. The maximum atomic E-state index is 14.0. The highest BCUT2D eigenvalue weighted by molar-refractivity contribution is 5.84. The molecule has 0 radical (unpaired) electrons. The van der Waals surface area contributed by atoms with Crippen LogP contribution in [0.4, 0.5) is 4.39 Å². The van der Waals surface area contributed by atoms with E-state index in [9.17, 15) is 9.18 Å². The molecule has 24 heavy (non-hydrogen) atoms. The van der Waals surface area contributed by atoms with Gasteiger partial charge in [0.25, 0.3) is 0 Å². The van der Waals surface area contributed by atoms with Crippen molar-refractivity contribution in [1.29, 1.82) is 0 Å². The number of aliphatic imine (C=N–C) groups is 1. The Labute approximate surface area is 142 Å². The zero-order valence-corrected chi connectivity index (χ0v) is 14.8. The van der Waals surface area contributed by atoms with E-state index >= 15 is 0 Å². The van der Waals surface area contributed by atoms with Crippen LogP contribution in [-0.2, 0) is 14.9 Å². The number of benzene rings is 1. The molecule has 1 aliphatic carbocycles. The summed E-state index contributed by atoms with van der Waals surface area (Å²) in [6.45, 7) is 6.07. The van der Waals surface area contributed by atoms with E-state index in [0.717, 1.165) is 18.4 Å². The summed E-state index contributed by atoms with van der Waals surface area (Å²) >= 11 is 0. The minimum Gasteiger partial charge on any atom is -0.459 e.